The summed E-state index contributed by atoms with van der Waals surface area (Å²) in [6, 6.07) is 15.7. The van der Waals surface area contributed by atoms with Crippen molar-refractivity contribution in [3.63, 3.8) is 0 Å². The van der Waals surface area contributed by atoms with Crippen molar-refractivity contribution in [2.75, 3.05) is 6.61 Å². The number of carbonyl (C=O) groups excluding carboxylic acids is 1. The van der Waals surface area contributed by atoms with Gasteiger partial charge in [0.25, 0.3) is 0 Å². The van der Waals surface area contributed by atoms with Crippen LogP contribution < -0.4 is 4.74 Å². The lowest BCUT2D eigenvalue weighted by atomic mass is 10.1. The maximum Gasteiger partial charge on any atom is 0.224 e. The molecule has 0 atom stereocenters. The van der Waals surface area contributed by atoms with Gasteiger partial charge in [0.1, 0.15) is 5.75 Å². The minimum Gasteiger partial charge on any atom is -0.494 e. The Labute approximate surface area is 149 Å². The first-order chi connectivity index (χ1) is 11.7. The number of aryl methyl sites for hydroxylation is 1. The lowest BCUT2D eigenvalue weighted by Gasteiger charge is -2.06. The van der Waals surface area contributed by atoms with Crippen LogP contribution in [0.1, 0.15) is 55.5 Å². The topological polar surface area (TPSA) is 26.3 Å². The average Bonchev–Trinajstić information content (AvgIpc) is 2.62. The van der Waals surface area contributed by atoms with E-state index in [1.54, 1.807) is 0 Å². The molecule has 0 N–H and O–H groups in total. The Morgan fingerprint density at radius 1 is 0.917 bits per heavy atom. The minimum absolute atomic E-state index is 0.0661. The number of hydrogen-bond acceptors (Lipinski definition) is 3. The number of hydrogen-bond donors (Lipinski definition) is 0. The van der Waals surface area contributed by atoms with Crippen LogP contribution in [0.4, 0.5) is 0 Å². The second-order valence-corrected chi connectivity index (χ2v) is 6.91. The number of ether oxygens (including phenoxy) is 1. The highest BCUT2D eigenvalue weighted by Crippen LogP contribution is 2.24. The van der Waals surface area contributed by atoms with Crippen molar-refractivity contribution in [3.05, 3.63) is 59.7 Å². The Balaban J connectivity index is 1.89. The molecule has 0 unspecified atom stereocenters. The van der Waals surface area contributed by atoms with E-state index in [1.807, 2.05) is 36.4 Å². The van der Waals surface area contributed by atoms with E-state index in [4.69, 9.17) is 4.74 Å². The third kappa shape index (κ3) is 6.04. The molecule has 0 aliphatic heterocycles. The molecule has 2 rings (SSSR count). The molecule has 0 spiro atoms. The summed E-state index contributed by atoms with van der Waals surface area (Å²) in [7, 11) is 0. The molecule has 24 heavy (non-hydrogen) atoms. The van der Waals surface area contributed by atoms with Gasteiger partial charge in [0.15, 0.2) is 0 Å². The lowest BCUT2D eigenvalue weighted by Crippen LogP contribution is -1.98. The number of unbranched alkanes of at least 4 members (excludes halogenated alkanes) is 2. The molecule has 3 heteroatoms. The molecule has 0 saturated carbocycles. The highest BCUT2D eigenvalue weighted by atomic mass is 32.2. The van der Waals surface area contributed by atoms with Gasteiger partial charge in [-0.1, -0.05) is 38.8 Å². The quantitative estimate of drug-likeness (QED) is 0.404. The van der Waals surface area contributed by atoms with E-state index in [-0.39, 0.29) is 5.12 Å². The third-order valence-corrected chi connectivity index (χ3v) is 4.74. The SMILES string of the molecule is CCCCOc1ccc(C(=O)Sc2ccc(CCCC)cc2)cc1. The standard InChI is InChI=1S/C21H26O2S/c1-3-5-7-17-8-14-20(15-9-17)24-21(22)18-10-12-19(13-11-18)23-16-6-4-2/h8-15H,3-7,16H2,1-2H3. The van der Waals surface area contributed by atoms with Crippen LogP contribution >= 0.6 is 11.8 Å². The van der Waals surface area contributed by atoms with Crippen LogP contribution in [0.15, 0.2) is 53.4 Å². The van der Waals surface area contributed by atoms with Gasteiger partial charge in [0.05, 0.1) is 6.61 Å². The molecule has 0 saturated heterocycles. The van der Waals surface area contributed by atoms with Gasteiger partial charge in [-0.15, -0.1) is 0 Å². The molecular formula is C21H26O2S. The Bertz CT molecular complexity index is 617. The van der Waals surface area contributed by atoms with Crippen LogP contribution in [0.5, 0.6) is 5.75 Å². The summed E-state index contributed by atoms with van der Waals surface area (Å²) in [4.78, 5) is 13.4. The predicted octanol–water partition coefficient (Wildman–Crippen LogP) is 6.14. The maximum absolute atomic E-state index is 12.4. The van der Waals surface area contributed by atoms with Gasteiger partial charge in [0.2, 0.25) is 5.12 Å². The molecule has 0 bridgehead atoms. The minimum atomic E-state index is 0.0661. The fourth-order valence-electron chi connectivity index (χ4n) is 2.29. The zero-order valence-corrected chi connectivity index (χ0v) is 15.4. The van der Waals surface area contributed by atoms with Crippen molar-refractivity contribution in [1.82, 2.24) is 0 Å². The van der Waals surface area contributed by atoms with E-state index in [0.29, 0.717) is 5.56 Å². The van der Waals surface area contributed by atoms with E-state index in [0.717, 1.165) is 36.5 Å². The summed E-state index contributed by atoms with van der Waals surface area (Å²) >= 11 is 1.28. The molecule has 0 aliphatic carbocycles. The van der Waals surface area contributed by atoms with Crippen LogP contribution in [-0.4, -0.2) is 11.7 Å². The van der Waals surface area contributed by atoms with E-state index in [1.165, 1.54) is 30.2 Å². The fourth-order valence-corrected chi connectivity index (χ4v) is 3.03. The van der Waals surface area contributed by atoms with E-state index in [2.05, 4.69) is 26.0 Å². The molecule has 128 valence electrons. The van der Waals surface area contributed by atoms with E-state index in [9.17, 15) is 4.79 Å². The second kappa shape index (κ2) is 10.2. The Hall–Kier alpha value is -1.74. The van der Waals surface area contributed by atoms with Gasteiger partial charge in [-0.3, -0.25) is 4.79 Å². The summed E-state index contributed by atoms with van der Waals surface area (Å²) in [5.41, 5.74) is 2.04. The second-order valence-electron chi connectivity index (χ2n) is 5.86. The van der Waals surface area contributed by atoms with Gasteiger partial charge in [0, 0.05) is 10.5 Å². The van der Waals surface area contributed by atoms with Crippen LogP contribution in [0.3, 0.4) is 0 Å². The van der Waals surface area contributed by atoms with Crippen molar-refractivity contribution in [1.29, 1.82) is 0 Å². The van der Waals surface area contributed by atoms with Crippen molar-refractivity contribution < 1.29 is 9.53 Å². The Morgan fingerprint density at radius 2 is 1.58 bits per heavy atom. The first-order valence-corrected chi connectivity index (χ1v) is 9.58. The van der Waals surface area contributed by atoms with Gasteiger partial charge in [-0.2, -0.15) is 0 Å². The van der Waals surface area contributed by atoms with Gasteiger partial charge in [-0.05, 0) is 73.0 Å². The maximum atomic E-state index is 12.4. The smallest absolute Gasteiger partial charge is 0.224 e. The number of rotatable bonds is 9. The van der Waals surface area contributed by atoms with Crippen LogP contribution in [0.2, 0.25) is 0 Å². The third-order valence-electron chi connectivity index (χ3n) is 3.81. The summed E-state index contributed by atoms with van der Waals surface area (Å²) < 4.78 is 5.63. The van der Waals surface area contributed by atoms with Crippen LogP contribution in [-0.2, 0) is 6.42 Å². The van der Waals surface area contributed by atoms with Crippen molar-refractivity contribution >= 4 is 16.9 Å². The molecule has 0 radical (unpaired) electrons. The summed E-state index contributed by atoms with van der Waals surface area (Å²) in [5.74, 6) is 0.824. The van der Waals surface area contributed by atoms with E-state index < -0.39 is 0 Å². The molecule has 2 aromatic rings. The van der Waals surface area contributed by atoms with Gasteiger partial charge < -0.3 is 4.74 Å². The highest BCUT2D eigenvalue weighted by molar-refractivity contribution is 8.14. The van der Waals surface area contributed by atoms with Crippen molar-refractivity contribution in [2.45, 2.75) is 50.8 Å². The molecular weight excluding hydrogens is 316 g/mol. The van der Waals surface area contributed by atoms with Gasteiger partial charge >= 0.3 is 0 Å². The first kappa shape index (κ1) is 18.6. The zero-order valence-electron chi connectivity index (χ0n) is 14.6. The zero-order chi connectivity index (χ0) is 17.2. The molecule has 0 aromatic heterocycles. The number of benzene rings is 2. The lowest BCUT2D eigenvalue weighted by molar-refractivity contribution is 0.108. The van der Waals surface area contributed by atoms with Crippen molar-refractivity contribution in [2.24, 2.45) is 0 Å². The fraction of sp³-hybridized carbons (Fsp3) is 0.381. The Kier molecular flexibility index (Phi) is 7.90. The highest BCUT2D eigenvalue weighted by Gasteiger charge is 2.08. The molecule has 2 nitrogen and oxygen atoms in total. The molecule has 0 heterocycles. The molecule has 0 aliphatic rings. The monoisotopic (exact) mass is 342 g/mol. The van der Waals surface area contributed by atoms with Crippen LogP contribution in [0.25, 0.3) is 0 Å². The van der Waals surface area contributed by atoms with Gasteiger partial charge in [-0.25, -0.2) is 0 Å². The molecule has 0 fully saturated rings. The average molecular weight is 343 g/mol. The van der Waals surface area contributed by atoms with Crippen LogP contribution in [0, 0.1) is 0 Å². The normalized spacial score (nSPS) is 10.6. The summed E-state index contributed by atoms with van der Waals surface area (Å²) in [5, 5.41) is 0.0661. The summed E-state index contributed by atoms with van der Waals surface area (Å²) in [6.45, 7) is 5.06. The molecule has 2 aromatic carbocycles. The Morgan fingerprint density at radius 3 is 2.21 bits per heavy atom. The first-order valence-electron chi connectivity index (χ1n) is 8.77. The number of carbonyl (C=O) groups is 1. The predicted molar refractivity (Wildman–Crippen MR) is 102 cm³/mol. The van der Waals surface area contributed by atoms with Crippen molar-refractivity contribution in [3.8, 4) is 5.75 Å². The summed E-state index contributed by atoms with van der Waals surface area (Å²) in [6.07, 6.45) is 5.68. The largest absolute Gasteiger partial charge is 0.494 e. The number of thioether (sulfide) groups is 1. The molecule has 0 amide bonds. The van der Waals surface area contributed by atoms with E-state index >= 15 is 0 Å².